The van der Waals surface area contributed by atoms with Crippen molar-refractivity contribution < 1.29 is 4.74 Å². The zero-order valence-corrected chi connectivity index (χ0v) is 31.3. The third kappa shape index (κ3) is 4.72. The van der Waals surface area contributed by atoms with Gasteiger partial charge < -0.3 is 4.74 Å². The molecule has 8 aromatic carbocycles. The van der Waals surface area contributed by atoms with Gasteiger partial charge in [-0.15, -0.1) is 0 Å². The summed E-state index contributed by atoms with van der Waals surface area (Å²) in [5.74, 6) is 2.45. The molecule has 1 aliphatic carbocycles. The average molecular weight is 740 g/mol. The summed E-state index contributed by atoms with van der Waals surface area (Å²) in [6.07, 6.45) is 0. The maximum absolute atomic E-state index is 6.64. The van der Waals surface area contributed by atoms with Crippen LogP contribution in [-0.2, 0) is 5.41 Å². The zero-order chi connectivity index (χ0) is 38.2. The number of nitrogens with zero attached hydrogens (tertiary/aromatic N) is 3. The van der Waals surface area contributed by atoms with E-state index >= 15 is 0 Å². The molecule has 58 heavy (non-hydrogen) atoms. The SMILES string of the molecule is c1ccc(-c2cc(-c3ccc4c(c3)nc(-c3ccccc3)c3ccc5c(c34)-c3ccccc3C53c4ccccc4Oc4ccccc43)nc(-c3ccccc3)n2)cc1. The van der Waals surface area contributed by atoms with Crippen LogP contribution < -0.4 is 4.74 Å². The highest BCUT2D eigenvalue weighted by Gasteiger charge is 2.51. The van der Waals surface area contributed by atoms with Crippen molar-refractivity contribution >= 4 is 21.7 Å². The van der Waals surface area contributed by atoms with Gasteiger partial charge in [0.25, 0.3) is 0 Å². The maximum atomic E-state index is 6.64. The molecule has 10 aromatic rings. The summed E-state index contributed by atoms with van der Waals surface area (Å²) in [5.41, 5.74) is 14.3. The van der Waals surface area contributed by atoms with Crippen LogP contribution in [0.2, 0.25) is 0 Å². The first kappa shape index (κ1) is 32.5. The predicted molar refractivity (Wildman–Crippen MR) is 234 cm³/mol. The fourth-order valence-electron chi connectivity index (χ4n) is 9.48. The molecule has 0 N–H and O–H groups in total. The third-order valence-electron chi connectivity index (χ3n) is 11.9. The number of benzene rings is 8. The molecular weight excluding hydrogens is 707 g/mol. The molecule has 1 aliphatic heterocycles. The van der Waals surface area contributed by atoms with Gasteiger partial charge in [-0.2, -0.15) is 0 Å². The molecule has 0 radical (unpaired) electrons. The summed E-state index contributed by atoms with van der Waals surface area (Å²) in [4.78, 5) is 15.8. The second-order valence-corrected chi connectivity index (χ2v) is 15.1. The minimum atomic E-state index is -0.573. The molecule has 3 heterocycles. The van der Waals surface area contributed by atoms with Crippen molar-refractivity contribution in [1.82, 2.24) is 15.0 Å². The fourth-order valence-corrected chi connectivity index (χ4v) is 9.48. The van der Waals surface area contributed by atoms with Gasteiger partial charge in [0.1, 0.15) is 11.5 Å². The van der Waals surface area contributed by atoms with Crippen LogP contribution in [-0.4, -0.2) is 15.0 Å². The lowest BCUT2D eigenvalue weighted by Crippen LogP contribution is -2.32. The molecule has 0 amide bonds. The van der Waals surface area contributed by atoms with Crippen LogP contribution in [0.4, 0.5) is 0 Å². The number of rotatable bonds is 4. The molecule has 270 valence electrons. The molecule has 4 heteroatoms. The lowest BCUT2D eigenvalue weighted by molar-refractivity contribution is 0.436. The van der Waals surface area contributed by atoms with Crippen LogP contribution in [0.25, 0.3) is 78.0 Å². The molecule has 4 nitrogen and oxygen atoms in total. The second-order valence-electron chi connectivity index (χ2n) is 15.1. The summed E-state index contributed by atoms with van der Waals surface area (Å²) in [6, 6.07) is 70.5. The number of ether oxygens (including phenoxy) is 1. The second kappa shape index (κ2) is 12.7. The van der Waals surface area contributed by atoms with Crippen LogP contribution in [0.3, 0.4) is 0 Å². The van der Waals surface area contributed by atoms with E-state index < -0.39 is 5.41 Å². The molecule has 2 aromatic heterocycles. The van der Waals surface area contributed by atoms with Gasteiger partial charge in [0.05, 0.1) is 28.0 Å². The molecule has 12 rings (SSSR count). The fraction of sp³-hybridized carbons (Fsp3) is 0.0185. The molecule has 0 fully saturated rings. The van der Waals surface area contributed by atoms with Crippen molar-refractivity contribution in [2.24, 2.45) is 0 Å². The lowest BCUT2D eigenvalue weighted by Gasteiger charge is -2.39. The average Bonchev–Trinajstić information content (AvgIpc) is 3.60. The van der Waals surface area contributed by atoms with E-state index in [1.807, 2.05) is 36.4 Å². The normalized spacial score (nSPS) is 13.1. The third-order valence-corrected chi connectivity index (χ3v) is 11.9. The molecule has 0 atom stereocenters. The van der Waals surface area contributed by atoms with Crippen LogP contribution in [0.1, 0.15) is 22.3 Å². The Labute approximate surface area is 335 Å². The van der Waals surface area contributed by atoms with Gasteiger partial charge in [-0.3, -0.25) is 0 Å². The quantitative estimate of drug-likeness (QED) is 0.169. The highest BCUT2D eigenvalue weighted by molar-refractivity contribution is 6.20. The van der Waals surface area contributed by atoms with Crippen molar-refractivity contribution in [3.8, 4) is 67.8 Å². The summed E-state index contributed by atoms with van der Waals surface area (Å²) in [5, 5.41) is 3.40. The van der Waals surface area contributed by atoms with Gasteiger partial charge in [0, 0.05) is 49.5 Å². The standard InChI is InChI=1S/C54H33N3O/c1-4-16-34(17-5-1)45-33-46(57-53(56-45)36-20-8-3-9-21-36)37-28-29-39-47(32-37)55-52(35-18-6-2-7-19-35)40-30-31-44-51(50(39)40)38-22-10-11-23-41(38)54(44)42-24-12-14-26-48(42)58-49-27-15-13-25-43(49)54/h1-33H. The predicted octanol–water partition coefficient (Wildman–Crippen LogP) is 13.3. The van der Waals surface area contributed by atoms with Gasteiger partial charge in [0.15, 0.2) is 5.82 Å². The van der Waals surface area contributed by atoms with Gasteiger partial charge in [-0.25, -0.2) is 15.0 Å². The molecule has 0 saturated carbocycles. The number of para-hydroxylation sites is 2. The van der Waals surface area contributed by atoms with Crippen molar-refractivity contribution in [2.75, 3.05) is 0 Å². The summed E-state index contributed by atoms with van der Waals surface area (Å²) in [6.45, 7) is 0. The van der Waals surface area contributed by atoms with Crippen LogP contribution >= 0.6 is 0 Å². The van der Waals surface area contributed by atoms with Crippen LogP contribution in [0.15, 0.2) is 200 Å². The molecular formula is C54H33N3O. The number of hydrogen-bond donors (Lipinski definition) is 0. The maximum Gasteiger partial charge on any atom is 0.160 e. The Balaban J connectivity index is 1.17. The smallest absolute Gasteiger partial charge is 0.160 e. The summed E-state index contributed by atoms with van der Waals surface area (Å²) in [7, 11) is 0. The van der Waals surface area contributed by atoms with Crippen molar-refractivity contribution in [1.29, 1.82) is 0 Å². The van der Waals surface area contributed by atoms with Crippen LogP contribution in [0, 0.1) is 0 Å². The Morgan fingerprint density at radius 2 is 0.931 bits per heavy atom. The monoisotopic (exact) mass is 739 g/mol. The summed E-state index contributed by atoms with van der Waals surface area (Å²) >= 11 is 0. The molecule has 0 saturated heterocycles. The largest absolute Gasteiger partial charge is 0.457 e. The van der Waals surface area contributed by atoms with Gasteiger partial charge >= 0.3 is 0 Å². The van der Waals surface area contributed by atoms with Gasteiger partial charge in [0.2, 0.25) is 0 Å². The highest BCUT2D eigenvalue weighted by atomic mass is 16.5. The van der Waals surface area contributed by atoms with E-state index in [1.165, 1.54) is 27.6 Å². The van der Waals surface area contributed by atoms with Crippen molar-refractivity contribution in [2.45, 2.75) is 5.41 Å². The Hall–Kier alpha value is -7.69. The van der Waals surface area contributed by atoms with Gasteiger partial charge in [-0.05, 0) is 46.5 Å². The molecule has 1 spiro atoms. The van der Waals surface area contributed by atoms with E-state index in [9.17, 15) is 0 Å². The van der Waals surface area contributed by atoms with Gasteiger partial charge in [-0.1, -0.05) is 176 Å². The van der Waals surface area contributed by atoms with Crippen molar-refractivity contribution in [3.63, 3.8) is 0 Å². The number of hydrogen-bond acceptors (Lipinski definition) is 4. The Bertz CT molecular complexity index is 3150. The van der Waals surface area contributed by atoms with E-state index in [0.29, 0.717) is 5.82 Å². The zero-order valence-electron chi connectivity index (χ0n) is 31.3. The van der Waals surface area contributed by atoms with Crippen molar-refractivity contribution in [3.05, 3.63) is 222 Å². The van der Waals surface area contributed by atoms with E-state index in [1.54, 1.807) is 0 Å². The molecule has 2 aliphatic rings. The first-order chi connectivity index (χ1) is 28.8. The highest BCUT2D eigenvalue weighted by Crippen LogP contribution is 2.63. The first-order valence-electron chi connectivity index (χ1n) is 19.7. The first-order valence-corrected chi connectivity index (χ1v) is 19.7. The minimum absolute atomic E-state index is 0.573. The number of fused-ring (bicyclic) bond motifs is 13. The van der Waals surface area contributed by atoms with E-state index in [2.05, 4.69) is 164 Å². The Morgan fingerprint density at radius 1 is 0.379 bits per heavy atom. The number of aromatic nitrogens is 3. The topological polar surface area (TPSA) is 47.9 Å². The molecule has 0 unspecified atom stereocenters. The number of pyridine rings is 1. The lowest BCUT2D eigenvalue weighted by atomic mass is 9.66. The van der Waals surface area contributed by atoms with E-state index in [-0.39, 0.29) is 0 Å². The Kier molecular flexibility index (Phi) is 7.11. The molecule has 0 bridgehead atoms. The van der Waals surface area contributed by atoms with E-state index in [4.69, 9.17) is 19.7 Å². The van der Waals surface area contributed by atoms with E-state index in [0.717, 1.165) is 78.3 Å². The summed E-state index contributed by atoms with van der Waals surface area (Å²) < 4.78 is 6.64. The van der Waals surface area contributed by atoms with Crippen LogP contribution in [0.5, 0.6) is 11.5 Å². The Morgan fingerprint density at radius 3 is 1.62 bits per heavy atom. The minimum Gasteiger partial charge on any atom is -0.457 e.